The Balaban J connectivity index is 3.14. The molecule has 0 fully saturated rings. The molecule has 60 valence electrons. The summed E-state index contributed by atoms with van der Waals surface area (Å²) in [5.41, 5.74) is 3.94. The zero-order valence-electron chi connectivity index (χ0n) is 5.26. The molecule has 0 radical (unpaired) electrons. The molecule has 0 atom stereocenters. The van der Waals surface area contributed by atoms with Crippen LogP contribution in [0.4, 0.5) is 19.0 Å². The summed E-state index contributed by atoms with van der Waals surface area (Å²) in [5.74, 6) is -0.549. The summed E-state index contributed by atoms with van der Waals surface area (Å²) in [6.07, 6.45) is -2.86. The number of alkyl halides is 3. The van der Waals surface area contributed by atoms with E-state index in [1.165, 1.54) is 0 Å². The van der Waals surface area contributed by atoms with Gasteiger partial charge >= 0.3 is 6.18 Å². The van der Waals surface area contributed by atoms with Crippen molar-refractivity contribution in [3.63, 3.8) is 0 Å². The molecule has 1 rings (SSSR count). The molecule has 3 nitrogen and oxygen atoms in total. The lowest BCUT2D eigenvalue weighted by molar-refractivity contribution is -0.137. The smallest absolute Gasteiger partial charge is 0.383 e. The van der Waals surface area contributed by atoms with Crippen molar-refractivity contribution in [1.82, 2.24) is 9.97 Å². The Kier molecular flexibility index (Phi) is 1.67. The zero-order valence-corrected chi connectivity index (χ0v) is 5.26. The van der Waals surface area contributed by atoms with Gasteiger partial charge in [0.25, 0.3) is 0 Å². The van der Waals surface area contributed by atoms with Crippen molar-refractivity contribution in [2.24, 2.45) is 0 Å². The van der Waals surface area contributed by atoms with Crippen LogP contribution in [0, 0.1) is 0 Å². The second kappa shape index (κ2) is 2.37. The molecular weight excluding hydrogens is 159 g/mol. The van der Waals surface area contributed by atoms with Crippen molar-refractivity contribution in [3.05, 3.63) is 18.1 Å². The van der Waals surface area contributed by atoms with Gasteiger partial charge in [0, 0.05) is 6.20 Å². The maximum absolute atomic E-state index is 11.9. The van der Waals surface area contributed by atoms with Crippen LogP contribution in [-0.4, -0.2) is 9.97 Å². The first-order valence-electron chi connectivity index (χ1n) is 2.64. The predicted molar refractivity (Wildman–Crippen MR) is 31.4 cm³/mol. The first-order chi connectivity index (χ1) is 5.02. The minimum Gasteiger partial charge on any atom is -0.383 e. The second-order valence-electron chi connectivity index (χ2n) is 1.82. The number of anilines is 1. The third kappa shape index (κ3) is 1.57. The summed E-state index contributed by atoms with van der Waals surface area (Å²) in [4.78, 5) is 6.39. The lowest BCUT2D eigenvalue weighted by Crippen LogP contribution is -2.10. The second-order valence-corrected chi connectivity index (χ2v) is 1.82. The number of hydrogen-bond acceptors (Lipinski definition) is 3. The molecule has 1 heterocycles. The molecular formula is C5H4F3N3. The average Bonchev–Trinajstić information content (AvgIpc) is 1.86. The zero-order chi connectivity index (χ0) is 8.48. The largest absolute Gasteiger partial charge is 0.421 e. The van der Waals surface area contributed by atoms with Crippen molar-refractivity contribution >= 4 is 5.82 Å². The van der Waals surface area contributed by atoms with E-state index < -0.39 is 17.6 Å². The third-order valence-corrected chi connectivity index (χ3v) is 1.05. The molecule has 0 amide bonds. The van der Waals surface area contributed by atoms with Crippen LogP contribution in [0.2, 0.25) is 0 Å². The Hall–Kier alpha value is -1.33. The molecule has 0 saturated heterocycles. The quantitative estimate of drug-likeness (QED) is 0.622. The highest BCUT2D eigenvalue weighted by molar-refractivity contribution is 5.38. The minimum absolute atomic E-state index is 0.549. The van der Waals surface area contributed by atoms with Crippen LogP contribution in [0.1, 0.15) is 5.56 Å². The highest BCUT2D eigenvalue weighted by atomic mass is 19.4. The number of nitrogen functional groups attached to an aromatic ring is 1. The van der Waals surface area contributed by atoms with Gasteiger partial charge in [0.15, 0.2) is 0 Å². The molecule has 0 spiro atoms. The van der Waals surface area contributed by atoms with E-state index >= 15 is 0 Å². The van der Waals surface area contributed by atoms with Gasteiger partial charge in [0.2, 0.25) is 0 Å². The SMILES string of the molecule is Nc1ncncc1C(F)(F)F. The van der Waals surface area contributed by atoms with Gasteiger partial charge in [0.1, 0.15) is 17.7 Å². The Bertz CT molecular complexity index is 257. The predicted octanol–water partition coefficient (Wildman–Crippen LogP) is 1.08. The van der Waals surface area contributed by atoms with Gasteiger partial charge in [0.05, 0.1) is 0 Å². The first-order valence-corrected chi connectivity index (χ1v) is 2.64. The van der Waals surface area contributed by atoms with Gasteiger partial charge in [-0.15, -0.1) is 0 Å². The van der Waals surface area contributed by atoms with E-state index in [2.05, 4.69) is 9.97 Å². The molecule has 1 aromatic rings. The molecule has 0 bridgehead atoms. The minimum atomic E-state index is -4.47. The number of halogens is 3. The lowest BCUT2D eigenvalue weighted by Gasteiger charge is -2.06. The molecule has 0 aromatic carbocycles. The molecule has 11 heavy (non-hydrogen) atoms. The normalized spacial score (nSPS) is 11.5. The van der Waals surface area contributed by atoms with Crippen LogP contribution in [0.25, 0.3) is 0 Å². The fourth-order valence-electron chi connectivity index (χ4n) is 0.557. The number of nitrogens with two attached hydrogens (primary N) is 1. The van der Waals surface area contributed by atoms with Gasteiger partial charge in [-0.05, 0) is 0 Å². The van der Waals surface area contributed by atoms with Gasteiger partial charge in [-0.25, -0.2) is 9.97 Å². The molecule has 2 N–H and O–H groups in total. The van der Waals surface area contributed by atoms with Crippen LogP contribution in [0.15, 0.2) is 12.5 Å². The van der Waals surface area contributed by atoms with Crippen molar-refractivity contribution < 1.29 is 13.2 Å². The maximum Gasteiger partial charge on any atom is 0.421 e. The Morgan fingerprint density at radius 3 is 2.36 bits per heavy atom. The average molecular weight is 163 g/mol. The molecule has 0 unspecified atom stereocenters. The molecule has 0 aliphatic heterocycles. The van der Waals surface area contributed by atoms with E-state index in [0.29, 0.717) is 6.20 Å². The van der Waals surface area contributed by atoms with Crippen LogP contribution < -0.4 is 5.73 Å². The molecule has 6 heteroatoms. The van der Waals surface area contributed by atoms with E-state index in [4.69, 9.17) is 5.73 Å². The summed E-state index contributed by atoms with van der Waals surface area (Å²) in [6.45, 7) is 0. The molecule has 0 aliphatic carbocycles. The highest BCUT2D eigenvalue weighted by Crippen LogP contribution is 2.31. The van der Waals surface area contributed by atoms with Crippen molar-refractivity contribution in [2.75, 3.05) is 5.73 Å². The highest BCUT2D eigenvalue weighted by Gasteiger charge is 2.33. The fourth-order valence-corrected chi connectivity index (χ4v) is 0.557. The van der Waals surface area contributed by atoms with Crippen LogP contribution in [0.5, 0.6) is 0 Å². The lowest BCUT2D eigenvalue weighted by atomic mass is 10.3. The number of hydrogen-bond donors (Lipinski definition) is 1. The number of nitrogens with zero attached hydrogens (tertiary/aromatic N) is 2. The van der Waals surface area contributed by atoms with Crippen LogP contribution in [-0.2, 0) is 6.18 Å². The van der Waals surface area contributed by atoms with Gasteiger partial charge in [-0.1, -0.05) is 0 Å². The van der Waals surface area contributed by atoms with E-state index in [1.54, 1.807) is 0 Å². The van der Waals surface area contributed by atoms with Crippen molar-refractivity contribution in [3.8, 4) is 0 Å². The Morgan fingerprint density at radius 2 is 2.00 bits per heavy atom. The fraction of sp³-hybridized carbons (Fsp3) is 0.200. The summed E-state index contributed by atoms with van der Waals surface area (Å²) < 4.78 is 35.7. The van der Waals surface area contributed by atoms with E-state index in [1.807, 2.05) is 0 Å². The molecule has 1 aromatic heterocycles. The van der Waals surface area contributed by atoms with E-state index in [0.717, 1.165) is 6.33 Å². The van der Waals surface area contributed by atoms with Crippen LogP contribution in [0.3, 0.4) is 0 Å². The molecule has 0 saturated carbocycles. The topological polar surface area (TPSA) is 51.8 Å². The monoisotopic (exact) mass is 163 g/mol. The summed E-state index contributed by atoms with van der Waals surface area (Å²) in [7, 11) is 0. The molecule has 0 aliphatic rings. The Labute approximate surface area is 60.1 Å². The van der Waals surface area contributed by atoms with Crippen molar-refractivity contribution in [2.45, 2.75) is 6.18 Å². The van der Waals surface area contributed by atoms with Crippen molar-refractivity contribution in [1.29, 1.82) is 0 Å². The number of aromatic nitrogens is 2. The Morgan fingerprint density at radius 1 is 1.36 bits per heavy atom. The standard InChI is InChI=1S/C5H4F3N3/c6-5(7,8)3-1-10-2-11-4(3)9/h1-2H,(H2,9,10,11). The van der Waals surface area contributed by atoms with Gasteiger partial charge in [-0.3, -0.25) is 0 Å². The number of rotatable bonds is 0. The van der Waals surface area contributed by atoms with E-state index in [-0.39, 0.29) is 0 Å². The van der Waals surface area contributed by atoms with Gasteiger partial charge in [-0.2, -0.15) is 13.2 Å². The van der Waals surface area contributed by atoms with Gasteiger partial charge < -0.3 is 5.73 Å². The first kappa shape index (κ1) is 7.77. The van der Waals surface area contributed by atoms with E-state index in [9.17, 15) is 13.2 Å². The maximum atomic E-state index is 11.9. The van der Waals surface area contributed by atoms with Crippen LogP contribution >= 0.6 is 0 Å². The third-order valence-electron chi connectivity index (χ3n) is 1.05. The summed E-state index contributed by atoms with van der Waals surface area (Å²) >= 11 is 0. The summed E-state index contributed by atoms with van der Waals surface area (Å²) in [6, 6.07) is 0. The summed E-state index contributed by atoms with van der Waals surface area (Å²) in [5, 5.41) is 0.